The van der Waals surface area contributed by atoms with Crippen molar-refractivity contribution >= 4 is 11.6 Å². The number of pyridine rings is 1. The van der Waals surface area contributed by atoms with E-state index in [2.05, 4.69) is 4.98 Å². The summed E-state index contributed by atoms with van der Waals surface area (Å²) in [7, 11) is 0. The largest absolute Gasteiger partial charge is 0.256 e. The molecule has 0 saturated carbocycles. The molecule has 2 heteroatoms. The van der Waals surface area contributed by atoms with Crippen LogP contribution in [-0.2, 0) is 0 Å². The molecule has 1 heterocycles. The molecular formula is C12H10ClN. The third kappa shape index (κ3) is 1.78. The van der Waals surface area contributed by atoms with Crippen LogP contribution in [0.3, 0.4) is 0 Å². The van der Waals surface area contributed by atoms with Crippen molar-refractivity contribution in [3.8, 4) is 11.3 Å². The molecule has 0 aliphatic rings. The minimum Gasteiger partial charge on any atom is -0.256 e. The van der Waals surface area contributed by atoms with E-state index < -0.39 is 0 Å². The van der Waals surface area contributed by atoms with Crippen LogP contribution in [0.15, 0.2) is 42.6 Å². The Morgan fingerprint density at radius 1 is 1.14 bits per heavy atom. The average Bonchev–Trinajstić information content (AvgIpc) is 2.19. The van der Waals surface area contributed by atoms with Gasteiger partial charge >= 0.3 is 0 Å². The van der Waals surface area contributed by atoms with Crippen LogP contribution in [0, 0.1) is 6.92 Å². The van der Waals surface area contributed by atoms with E-state index in [0.29, 0.717) is 0 Å². The molecule has 2 rings (SSSR count). The van der Waals surface area contributed by atoms with Gasteiger partial charge in [0.2, 0.25) is 0 Å². The van der Waals surface area contributed by atoms with Crippen molar-refractivity contribution in [1.82, 2.24) is 4.98 Å². The predicted octanol–water partition coefficient (Wildman–Crippen LogP) is 3.71. The minimum atomic E-state index is 0.766. The van der Waals surface area contributed by atoms with E-state index in [1.54, 1.807) is 6.20 Å². The van der Waals surface area contributed by atoms with Crippen molar-refractivity contribution in [2.75, 3.05) is 0 Å². The molecule has 0 aliphatic carbocycles. The Balaban J connectivity index is 2.53. The van der Waals surface area contributed by atoms with Crippen molar-refractivity contribution < 1.29 is 0 Å². The summed E-state index contributed by atoms with van der Waals surface area (Å²) >= 11 is 5.88. The van der Waals surface area contributed by atoms with Gasteiger partial charge in [-0.15, -0.1) is 0 Å². The maximum Gasteiger partial charge on any atom is 0.0704 e. The number of aromatic nitrogens is 1. The summed E-state index contributed by atoms with van der Waals surface area (Å²) in [5.41, 5.74) is 3.27. The molecule has 1 nitrogen and oxygen atoms in total. The van der Waals surface area contributed by atoms with E-state index >= 15 is 0 Å². The third-order valence-corrected chi connectivity index (χ3v) is 2.36. The molecule has 70 valence electrons. The molecule has 0 amide bonds. The van der Waals surface area contributed by atoms with Crippen LogP contribution < -0.4 is 0 Å². The van der Waals surface area contributed by atoms with E-state index in [1.165, 1.54) is 0 Å². The molecule has 0 radical (unpaired) electrons. The number of hydrogen-bond donors (Lipinski definition) is 0. The van der Waals surface area contributed by atoms with Crippen molar-refractivity contribution in [3.63, 3.8) is 0 Å². The molecule has 2 aromatic rings. The highest BCUT2D eigenvalue weighted by atomic mass is 35.5. The first-order valence-corrected chi connectivity index (χ1v) is 4.83. The van der Waals surface area contributed by atoms with E-state index in [9.17, 15) is 0 Å². The van der Waals surface area contributed by atoms with Crippen molar-refractivity contribution in [1.29, 1.82) is 0 Å². The van der Waals surface area contributed by atoms with Gasteiger partial charge in [-0.1, -0.05) is 23.7 Å². The summed E-state index contributed by atoms with van der Waals surface area (Å²) in [6.07, 6.45) is 1.80. The molecule has 14 heavy (non-hydrogen) atoms. The summed E-state index contributed by atoms with van der Waals surface area (Å²) in [4.78, 5) is 4.30. The summed E-state index contributed by atoms with van der Waals surface area (Å²) in [6.45, 7) is 2.04. The van der Waals surface area contributed by atoms with Crippen LogP contribution in [0.1, 0.15) is 5.56 Å². The smallest absolute Gasteiger partial charge is 0.0704 e. The zero-order valence-electron chi connectivity index (χ0n) is 7.87. The Labute approximate surface area is 88.4 Å². The molecule has 0 N–H and O–H groups in total. The van der Waals surface area contributed by atoms with E-state index in [-0.39, 0.29) is 0 Å². The Kier molecular flexibility index (Phi) is 2.51. The number of rotatable bonds is 1. The lowest BCUT2D eigenvalue weighted by molar-refractivity contribution is 1.31. The van der Waals surface area contributed by atoms with Gasteiger partial charge < -0.3 is 0 Å². The normalized spacial score (nSPS) is 10.1. The number of benzene rings is 1. The number of nitrogens with zero attached hydrogens (tertiary/aromatic N) is 1. The second-order valence-electron chi connectivity index (χ2n) is 3.17. The van der Waals surface area contributed by atoms with Crippen LogP contribution in [0.5, 0.6) is 0 Å². The molecule has 0 spiro atoms. The topological polar surface area (TPSA) is 12.9 Å². The highest BCUT2D eigenvalue weighted by Gasteiger charge is 2.02. The number of halogens is 1. The van der Waals surface area contributed by atoms with Gasteiger partial charge in [-0.3, -0.25) is 4.98 Å². The maximum atomic E-state index is 5.88. The van der Waals surface area contributed by atoms with Gasteiger partial charge in [-0.25, -0.2) is 0 Å². The minimum absolute atomic E-state index is 0.766. The van der Waals surface area contributed by atoms with Gasteiger partial charge in [-0.2, -0.15) is 0 Å². The molecule has 0 aliphatic heterocycles. The fourth-order valence-electron chi connectivity index (χ4n) is 1.44. The Morgan fingerprint density at radius 2 is 2.00 bits per heavy atom. The molecule has 0 bridgehead atoms. The first kappa shape index (κ1) is 9.22. The molecule has 1 aromatic heterocycles. The Hall–Kier alpha value is -1.34. The first-order valence-electron chi connectivity index (χ1n) is 4.45. The quantitative estimate of drug-likeness (QED) is 0.689. The lowest BCUT2D eigenvalue weighted by Crippen LogP contribution is -1.85. The van der Waals surface area contributed by atoms with Crippen molar-refractivity contribution in [2.45, 2.75) is 6.92 Å². The molecule has 1 aromatic carbocycles. The number of aryl methyl sites for hydroxylation is 1. The monoisotopic (exact) mass is 203 g/mol. The zero-order valence-corrected chi connectivity index (χ0v) is 8.62. The fourth-order valence-corrected chi connectivity index (χ4v) is 1.66. The van der Waals surface area contributed by atoms with Gasteiger partial charge in [0.25, 0.3) is 0 Å². The van der Waals surface area contributed by atoms with Gasteiger partial charge in [0.05, 0.1) is 5.69 Å². The van der Waals surface area contributed by atoms with Crippen LogP contribution in [-0.4, -0.2) is 4.98 Å². The number of hydrogen-bond acceptors (Lipinski definition) is 1. The molecular weight excluding hydrogens is 194 g/mol. The van der Waals surface area contributed by atoms with Crippen molar-refractivity contribution in [2.24, 2.45) is 0 Å². The van der Waals surface area contributed by atoms with E-state index in [4.69, 9.17) is 11.6 Å². The van der Waals surface area contributed by atoms with E-state index in [1.807, 2.05) is 43.3 Å². The third-order valence-electron chi connectivity index (χ3n) is 2.13. The van der Waals surface area contributed by atoms with Gasteiger partial charge in [-0.05, 0) is 36.8 Å². The summed E-state index contributed by atoms with van der Waals surface area (Å²) < 4.78 is 0. The van der Waals surface area contributed by atoms with Crippen LogP contribution in [0.4, 0.5) is 0 Å². The highest BCUT2D eigenvalue weighted by Crippen LogP contribution is 2.23. The lowest BCUT2D eigenvalue weighted by Gasteiger charge is -2.04. The average molecular weight is 204 g/mol. The summed E-state index contributed by atoms with van der Waals surface area (Å²) in [5.74, 6) is 0. The predicted molar refractivity (Wildman–Crippen MR) is 59.4 cm³/mol. The standard InChI is InChI=1S/C12H10ClN/c1-9-8-10(13)5-6-11(9)12-4-2-3-7-14-12/h2-8H,1H3. The first-order chi connectivity index (χ1) is 6.77. The molecule has 0 saturated heterocycles. The molecule has 0 unspecified atom stereocenters. The summed E-state index contributed by atoms with van der Waals surface area (Å²) in [6, 6.07) is 11.7. The van der Waals surface area contributed by atoms with E-state index in [0.717, 1.165) is 21.8 Å². The van der Waals surface area contributed by atoms with Crippen LogP contribution in [0.2, 0.25) is 5.02 Å². The second kappa shape index (κ2) is 3.81. The molecule has 0 fully saturated rings. The summed E-state index contributed by atoms with van der Waals surface area (Å²) in [5, 5.41) is 0.766. The molecule has 0 atom stereocenters. The zero-order chi connectivity index (χ0) is 9.97. The van der Waals surface area contributed by atoms with Crippen LogP contribution >= 0.6 is 11.6 Å². The Bertz CT molecular complexity index is 437. The van der Waals surface area contributed by atoms with Gasteiger partial charge in [0, 0.05) is 16.8 Å². The van der Waals surface area contributed by atoms with Crippen molar-refractivity contribution in [3.05, 3.63) is 53.2 Å². The van der Waals surface area contributed by atoms with Gasteiger partial charge in [0.15, 0.2) is 0 Å². The SMILES string of the molecule is Cc1cc(Cl)ccc1-c1ccccn1. The van der Waals surface area contributed by atoms with Crippen LogP contribution in [0.25, 0.3) is 11.3 Å². The van der Waals surface area contributed by atoms with Gasteiger partial charge in [0.1, 0.15) is 0 Å². The highest BCUT2D eigenvalue weighted by molar-refractivity contribution is 6.30. The second-order valence-corrected chi connectivity index (χ2v) is 3.61. The lowest BCUT2D eigenvalue weighted by atomic mass is 10.1. The Morgan fingerprint density at radius 3 is 2.64 bits per heavy atom. The fraction of sp³-hybridized carbons (Fsp3) is 0.0833. The maximum absolute atomic E-state index is 5.88.